The molecule has 0 amide bonds. The molecule has 1 aromatic carbocycles. The molecule has 2 heteroatoms. The van der Waals surface area contributed by atoms with Crippen LogP contribution in [0.15, 0.2) is 12.1 Å². The van der Waals surface area contributed by atoms with E-state index in [9.17, 15) is 0 Å². The van der Waals surface area contributed by atoms with Crippen molar-refractivity contribution in [1.29, 1.82) is 0 Å². The van der Waals surface area contributed by atoms with Crippen LogP contribution >= 0.6 is 0 Å². The minimum absolute atomic E-state index is 0.374. The first kappa shape index (κ1) is 10.5. The second-order valence-corrected chi connectivity index (χ2v) is 7.84. The molecule has 1 heterocycles. The molecule has 4 aliphatic carbocycles. The Kier molecular flexibility index (Phi) is 1.52. The Morgan fingerprint density at radius 3 is 3.10 bits per heavy atom. The average molecular weight is 268 g/mol. The van der Waals surface area contributed by atoms with Crippen LogP contribution in [0, 0.1) is 17.3 Å². The zero-order valence-electron chi connectivity index (χ0n) is 11.9. The molecule has 2 nitrogen and oxygen atoms in total. The van der Waals surface area contributed by atoms with Gasteiger partial charge >= 0.3 is 0 Å². The molecule has 1 aromatic rings. The molecule has 20 heavy (non-hydrogen) atoms. The molecule has 0 saturated heterocycles. The van der Waals surface area contributed by atoms with E-state index >= 15 is 0 Å². The third-order valence-corrected chi connectivity index (χ3v) is 7.30. The Bertz CT molecular complexity index is 651. The maximum Gasteiger partial charge on any atom is 0.165 e. The molecule has 5 atom stereocenters. The van der Waals surface area contributed by atoms with E-state index in [2.05, 4.69) is 12.1 Å². The predicted octanol–water partition coefficient (Wildman–Crippen LogP) is 3.46. The zero-order valence-corrected chi connectivity index (χ0v) is 11.9. The molecule has 3 saturated carbocycles. The summed E-state index contributed by atoms with van der Waals surface area (Å²) in [7, 11) is 1.77. The smallest absolute Gasteiger partial charge is 0.165 e. The van der Waals surface area contributed by atoms with Crippen molar-refractivity contribution in [2.75, 3.05) is 7.11 Å². The number of ether oxygens (including phenoxy) is 2. The standard InChI is InChI=1S/C18H20O2/c1-19-13-6-5-10-7-17-8-12(17)11-3-2-4-14-18(11,9-17)15(10)16(13)20-14/h5-6,11-12,14H,2-4,7-9H2,1H3. The van der Waals surface area contributed by atoms with Crippen LogP contribution in [0.1, 0.15) is 43.2 Å². The van der Waals surface area contributed by atoms with Gasteiger partial charge in [-0.15, -0.1) is 0 Å². The largest absolute Gasteiger partial charge is 0.493 e. The zero-order chi connectivity index (χ0) is 13.1. The van der Waals surface area contributed by atoms with Gasteiger partial charge in [0.05, 0.1) is 7.11 Å². The van der Waals surface area contributed by atoms with E-state index in [-0.39, 0.29) is 0 Å². The molecule has 5 unspecified atom stereocenters. The van der Waals surface area contributed by atoms with Crippen molar-refractivity contribution < 1.29 is 9.47 Å². The highest BCUT2D eigenvalue weighted by Crippen LogP contribution is 2.81. The highest BCUT2D eigenvalue weighted by molar-refractivity contribution is 5.62. The van der Waals surface area contributed by atoms with E-state index < -0.39 is 0 Å². The third kappa shape index (κ3) is 0.864. The van der Waals surface area contributed by atoms with Gasteiger partial charge in [0.2, 0.25) is 0 Å². The summed E-state index contributed by atoms with van der Waals surface area (Å²) in [5.74, 6) is 3.97. The molecule has 1 aliphatic heterocycles. The summed E-state index contributed by atoms with van der Waals surface area (Å²) < 4.78 is 12.1. The fraction of sp³-hybridized carbons (Fsp3) is 0.667. The molecule has 0 radical (unpaired) electrons. The minimum Gasteiger partial charge on any atom is -0.493 e. The summed E-state index contributed by atoms with van der Waals surface area (Å²) in [6, 6.07) is 4.47. The molecule has 3 fully saturated rings. The molecule has 5 aliphatic rings. The van der Waals surface area contributed by atoms with Crippen LogP contribution in [0.3, 0.4) is 0 Å². The second-order valence-electron chi connectivity index (χ2n) is 7.84. The second kappa shape index (κ2) is 2.88. The van der Waals surface area contributed by atoms with Crippen LogP contribution in [0.4, 0.5) is 0 Å². The van der Waals surface area contributed by atoms with Crippen LogP contribution in [-0.2, 0) is 11.8 Å². The molecular weight excluding hydrogens is 248 g/mol. The van der Waals surface area contributed by atoms with Crippen LogP contribution in [-0.4, -0.2) is 13.2 Å². The van der Waals surface area contributed by atoms with Crippen molar-refractivity contribution in [2.24, 2.45) is 17.3 Å². The van der Waals surface area contributed by atoms with E-state index in [0.29, 0.717) is 16.9 Å². The normalized spacial score (nSPS) is 48.4. The van der Waals surface area contributed by atoms with Crippen LogP contribution in [0.5, 0.6) is 11.5 Å². The van der Waals surface area contributed by atoms with E-state index in [1.165, 1.54) is 38.5 Å². The van der Waals surface area contributed by atoms with Crippen molar-refractivity contribution in [3.05, 3.63) is 23.3 Å². The molecular formula is C18H20O2. The van der Waals surface area contributed by atoms with Crippen LogP contribution < -0.4 is 9.47 Å². The summed E-state index contributed by atoms with van der Waals surface area (Å²) in [6.45, 7) is 0. The fourth-order valence-corrected chi connectivity index (χ4v) is 6.74. The number of benzene rings is 1. The lowest BCUT2D eigenvalue weighted by molar-refractivity contribution is 0.0515. The maximum absolute atomic E-state index is 6.49. The highest BCUT2D eigenvalue weighted by atomic mass is 16.5. The fourth-order valence-electron chi connectivity index (χ4n) is 6.74. The lowest BCUT2D eigenvalue weighted by Crippen LogP contribution is -2.47. The highest BCUT2D eigenvalue weighted by Gasteiger charge is 2.77. The Morgan fingerprint density at radius 2 is 2.20 bits per heavy atom. The van der Waals surface area contributed by atoms with Gasteiger partial charge in [0, 0.05) is 11.0 Å². The van der Waals surface area contributed by atoms with Crippen LogP contribution in [0.2, 0.25) is 0 Å². The van der Waals surface area contributed by atoms with E-state index in [4.69, 9.17) is 9.47 Å². The summed E-state index contributed by atoms with van der Waals surface area (Å²) in [5, 5.41) is 0. The summed E-state index contributed by atoms with van der Waals surface area (Å²) in [6.07, 6.45) is 8.68. The monoisotopic (exact) mass is 268 g/mol. The summed E-state index contributed by atoms with van der Waals surface area (Å²) >= 11 is 0. The van der Waals surface area contributed by atoms with Crippen molar-refractivity contribution in [1.82, 2.24) is 0 Å². The van der Waals surface area contributed by atoms with Gasteiger partial charge in [0.15, 0.2) is 11.5 Å². The molecule has 0 aromatic heterocycles. The van der Waals surface area contributed by atoms with Gasteiger partial charge < -0.3 is 9.47 Å². The van der Waals surface area contributed by atoms with E-state index in [1.807, 2.05) is 0 Å². The van der Waals surface area contributed by atoms with Crippen molar-refractivity contribution >= 4 is 0 Å². The van der Waals surface area contributed by atoms with Crippen molar-refractivity contribution in [3.63, 3.8) is 0 Å². The molecule has 0 N–H and O–H groups in total. The minimum atomic E-state index is 0.374. The number of hydrogen-bond donors (Lipinski definition) is 0. The molecule has 2 spiro atoms. The molecule has 6 rings (SSSR count). The van der Waals surface area contributed by atoms with Gasteiger partial charge in [-0.25, -0.2) is 0 Å². The van der Waals surface area contributed by atoms with Crippen LogP contribution in [0.25, 0.3) is 0 Å². The van der Waals surface area contributed by atoms with Gasteiger partial charge in [0.1, 0.15) is 6.10 Å². The van der Waals surface area contributed by atoms with Gasteiger partial charge in [-0.2, -0.15) is 0 Å². The topological polar surface area (TPSA) is 18.5 Å². The summed E-state index contributed by atoms with van der Waals surface area (Å²) in [5.41, 5.74) is 4.20. The van der Waals surface area contributed by atoms with Crippen molar-refractivity contribution in [3.8, 4) is 11.5 Å². The van der Waals surface area contributed by atoms with Gasteiger partial charge in [-0.05, 0) is 67.4 Å². The molecule has 104 valence electrons. The van der Waals surface area contributed by atoms with E-state index in [1.54, 1.807) is 18.2 Å². The maximum atomic E-state index is 6.49. The Labute approximate surface area is 119 Å². The lowest BCUT2D eigenvalue weighted by Gasteiger charge is -2.45. The predicted molar refractivity (Wildman–Crippen MR) is 75.3 cm³/mol. The Hall–Kier alpha value is -1.18. The van der Waals surface area contributed by atoms with Gasteiger partial charge in [-0.3, -0.25) is 0 Å². The van der Waals surface area contributed by atoms with Crippen molar-refractivity contribution in [2.45, 2.75) is 50.0 Å². The SMILES string of the molecule is COc1ccc2c3c1OC1CCCC4C5CC5(C2)CC314. The third-order valence-electron chi connectivity index (χ3n) is 7.30. The van der Waals surface area contributed by atoms with Gasteiger partial charge in [-0.1, -0.05) is 6.07 Å². The van der Waals surface area contributed by atoms with Gasteiger partial charge in [0.25, 0.3) is 0 Å². The first-order valence-corrected chi connectivity index (χ1v) is 8.15. The first-order chi connectivity index (χ1) is 9.78. The number of hydrogen-bond acceptors (Lipinski definition) is 2. The first-order valence-electron chi connectivity index (χ1n) is 8.15. The quantitative estimate of drug-likeness (QED) is 0.776. The number of fused-ring (bicyclic) bond motifs is 1. The Balaban J connectivity index is 1.69. The number of methoxy groups -OCH3 is 1. The average Bonchev–Trinajstić information content (AvgIpc) is 2.91. The van der Waals surface area contributed by atoms with E-state index in [0.717, 1.165) is 23.3 Å². The lowest BCUT2D eigenvalue weighted by atomic mass is 9.58. The molecule has 2 bridgehead atoms. The Morgan fingerprint density at radius 1 is 1.25 bits per heavy atom. The summed E-state index contributed by atoms with van der Waals surface area (Å²) in [4.78, 5) is 0. The number of rotatable bonds is 1.